The Balaban J connectivity index is 1.38. The number of anilines is 1. The lowest BCUT2D eigenvalue weighted by Gasteiger charge is -2.57. The Morgan fingerprint density at radius 1 is 0.952 bits per heavy atom. The Morgan fingerprint density at radius 2 is 1.52 bits per heavy atom. The molecule has 4 fully saturated rings. The van der Waals surface area contributed by atoms with E-state index in [1.807, 2.05) is 38.1 Å². The number of amides is 2. The zero-order valence-electron chi connectivity index (χ0n) is 25.2. The van der Waals surface area contributed by atoms with Crippen LogP contribution in [0.5, 0.6) is 0 Å². The van der Waals surface area contributed by atoms with Gasteiger partial charge in [0.05, 0.1) is 11.9 Å². The second-order valence-electron chi connectivity index (χ2n) is 13.4. The molecule has 4 aliphatic carbocycles. The van der Waals surface area contributed by atoms with Crippen molar-refractivity contribution in [2.75, 3.05) is 23.7 Å². The monoisotopic (exact) mass is 597 g/mol. The Labute approximate surface area is 249 Å². The molecule has 4 saturated carbocycles. The number of sulfonamides is 1. The van der Waals surface area contributed by atoms with Gasteiger partial charge in [0.2, 0.25) is 21.8 Å². The van der Waals surface area contributed by atoms with Gasteiger partial charge < -0.3 is 10.2 Å². The van der Waals surface area contributed by atoms with Gasteiger partial charge in [-0.15, -0.1) is 0 Å². The average molecular weight is 598 g/mol. The molecule has 0 saturated heterocycles. The van der Waals surface area contributed by atoms with E-state index in [4.69, 9.17) is 0 Å². The van der Waals surface area contributed by atoms with Gasteiger partial charge in [-0.2, -0.15) is 0 Å². The molecule has 0 aromatic heterocycles. The van der Waals surface area contributed by atoms with Gasteiger partial charge in [-0.3, -0.25) is 13.9 Å². The molecule has 1 atom stereocenters. The van der Waals surface area contributed by atoms with Gasteiger partial charge in [-0.1, -0.05) is 44.2 Å². The molecule has 4 aliphatic rings. The topological polar surface area (TPSA) is 86.8 Å². The Hall–Kier alpha value is -2.94. The van der Waals surface area contributed by atoms with E-state index in [1.165, 1.54) is 55.1 Å². The molecule has 42 heavy (non-hydrogen) atoms. The number of nitrogens with one attached hydrogen (secondary N) is 1. The van der Waals surface area contributed by atoms with Crippen LogP contribution in [0.25, 0.3) is 0 Å². The average Bonchev–Trinajstić information content (AvgIpc) is 2.92. The van der Waals surface area contributed by atoms with Gasteiger partial charge in [0.25, 0.3) is 0 Å². The molecule has 0 radical (unpaired) electrons. The first-order valence-corrected chi connectivity index (χ1v) is 17.1. The lowest BCUT2D eigenvalue weighted by Crippen LogP contribution is -2.51. The van der Waals surface area contributed by atoms with E-state index in [2.05, 4.69) is 5.32 Å². The van der Waals surface area contributed by atoms with E-state index >= 15 is 0 Å². The van der Waals surface area contributed by atoms with E-state index in [1.54, 1.807) is 25.1 Å². The standard InChI is InChI=1S/C33H44FN3O4S/c1-22(2)19-35-32(39)23(3)36(20-27-7-5-6-8-30(27)34)31(38)21-37(42(4,40)41)29-11-9-28(10-12-29)33-16-24-13-25(17-33)15-26(14-24)18-33/h5-12,22-26H,13-21H2,1-4H3,(H,35,39). The predicted molar refractivity (Wildman–Crippen MR) is 163 cm³/mol. The maximum atomic E-state index is 14.6. The molecular weight excluding hydrogens is 553 g/mol. The fourth-order valence-electron chi connectivity index (χ4n) is 7.90. The van der Waals surface area contributed by atoms with Gasteiger partial charge >= 0.3 is 0 Å². The van der Waals surface area contributed by atoms with Crippen LogP contribution in [0, 0.1) is 29.5 Å². The summed E-state index contributed by atoms with van der Waals surface area (Å²) in [6.45, 7) is 5.28. The highest BCUT2D eigenvalue weighted by Crippen LogP contribution is 2.60. The normalized spacial score (nSPS) is 25.3. The Kier molecular flexibility index (Phi) is 8.70. The molecular formula is C33H44FN3O4S. The third kappa shape index (κ3) is 6.51. The minimum Gasteiger partial charge on any atom is -0.354 e. The Morgan fingerprint density at radius 3 is 2.05 bits per heavy atom. The lowest BCUT2D eigenvalue weighted by molar-refractivity contribution is -0.139. The number of carbonyl (C=O) groups is 2. The van der Waals surface area contributed by atoms with Crippen molar-refractivity contribution in [1.29, 1.82) is 0 Å². The SMILES string of the molecule is CC(C)CNC(=O)C(C)N(Cc1ccccc1F)C(=O)CN(c1ccc(C23CC4CC(CC(C4)C2)C3)cc1)S(C)(=O)=O. The summed E-state index contributed by atoms with van der Waals surface area (Å²) < 4.78 is 41.7. The first-order chi connectivity index (χ1) is 19.8. The fourth-order valence-corrected chi connectivity index (χ4v) is 8.75. The summed E-state index contributed by atoms with van der Waals surface area (Å²) in [5, 5.41) is 2.83. The largest absolute Gasteiger partial charge is 0.354 e. The third-order valence-electron chi connectivity index (χ3n) is 9.64. The van der Waals surface area contributed by atoms with Gasteiger partial charge in [-0.25, -0.2) is 12.8 Å². The van der Waals surface area contributed by atoms with Gasteiger partial charge in [0.1, 0.15) is 18.4 Å². The molecule has 2 aromatic carbocycles. The summed E-state index contributed by atoms with van der Waals surface area (Å²) in [4.78, 5) is 28.0. The number of halogens is 1. The van der Waals surface area contributed by atoms with Crippen molar-refractivity contribution in [3.8, 4) is 0 Å². The van der Waals surface area contributed by atoms with Crippen molar-refractivity contribution in [3.05, 3.63) is 65.5 Å². The molecule has 0 aliphatic heterocycles. The van der Waals surface area contributed by atoms with E-state index in [9.17, 15) is 22.4 Å². The zero-order valence-corrected chi connectivity index (χ0v) is 26.0. The third-order valence-corrected chi connectivity index (χ3v) is 10.8. The van der Waals surface area contributed by atoms with Crippen molar-refractivity contribution in [2.24, 2.45) is 23.7 Å². The molecule has 4 bridgehead atoms. The quantitative estimate of drug-likeness (QED) is 0.384. The molecule has 7 nitrogen and oxygen atoms in total. The van der Waals surface area contributed by atoms with E-state index in [0.29, 0.717) is 12.2 Å². The van der Waals surface area contributed by atoms with Crippen molar-refractivity contribution in [2.45, 2.75) is 77.3 Å². The molecule has 2 aromatic rings. The second kappa shape index (κ2) is 12.0. The molecule has 9 heteroatoms. The van der Waals surface area contributed by atoms with E-state index in [0.717, 1.165) is 28.3 Å². The number of nitrogens with zero attached hydrogens (tertiary/aromatic N) is 2. The van der Waals surface area contributed by atoms with Crippen molar-refractivity contribution in [1.82, 2.24) is 10.2 Å². The van der Waals surface area contributed by atoms with Gasteiger partial charge in [0, 0.05) is 18.7 Å². The first kappa shape index (κ1) is 30.5. The number of rotatable bonds is 11. The minimum atomic E-state index is -3.84. The molecule has 2 amide bonds. The summed E-state index contributed by atoms with van der Waals surface area (Å²) in [6.07, 6.45) is 8.72. The molecule has 1 N–H and O–H groups in total. The minimum absolute atomic E-state index is 0.162. The first-order valence-electron chi connectivity index (χ1n) is 15.2. The molecule has 6 rings (SSSR count). The number of carbonyl (C=O) groups excluding carboxylic acids is 2. The van der Waals surface area contributed by atoms with Gasteiger partial charge in [-0.05, 0) is 98.3 Å². The smallest absolute Gasteiger partial charge is 0.244 e. The highest BCUT2D eigenvalue weighted by Gasteiger charge is 2.51. The van der Waals surface area contributed by atoms with Gasteiger partial charge in [0.15, 0.2) is 0 Å². The summed E-state index contributed by atoms with van der Waals surface area (Å²) in [6, 6.07) is 12.9. The summed E-state index contributed by atoms with van der Waals surface area (Å²) in [7, 11) is -3.84. The van der Waals surface area contributed by atoms with Crippen LogP contribution in [-0.2, 0) is 31.6 Å². The maximum Gasteiger partial charge on any atom is 0.244 e. The molecule has 0 spiro atoms. The number of hydrogen-bond acceptors (Lipinski definition) is 4. The molecule has 0 heterocycles. The van der Waals surface area contributed by atoms with Crippen LogP contribution in [0.1, 0.15) is 70.4 Å². The fraction of sp³-hybridized carbons (Fsp3) is 0.576. The summed E-state index contributed by atoms with van der Waals surface area (Å²) in [5.74, 6) is 1.13. The highest BCUT2D eigenvalue weighted by molar-refractivity contribution is 7.92. The van der Waals surface area contributed by atoms with E-state index < -0.39 is 34.3 Å². The summed E-state index contributed by atoms with van der Waals surface area (Å²) in [5.41, 5.74) is 2.10. The van der Waals surface area contributed by atoms with Crippen LogP contribution >= 0.6 is 0 Å². The number of hydrogen-bond donors (Lipinski definition) is 1. The highest BCUT2D eigenvalue weighted by atomic mass is 32.2. The zero-order chi connectivity index (χ0) is 30.2. The van der Waals surface area contributed by atoms with Crippen LogP contribution in [-0.4, -0.2) is 50.5 Å². The van der Waals surface area contributed by atoms with Crippen molar-refractivity contribution < 1.29 is 22.4 Å². The van der Waals surface area contributed by atoms with E-state index in [-0.39, 0.29) is 29.3 Å². The lowest BCUT2D eigenvalue weighted by atomic mass is 9.48. The maximum absolute atomic E-state index is 14.6. The second-order valence-corrected chi connectivity index (χ2v) is 15.3. The molecule has 1 unspecified atom stereocenters. The number of benzene rings is 2. The Bertz CT molecular complexity index is 1370. The predicted octanol–water partition coefficient (Wildman–Crippen LogP) is 5.25. The van der Waals surface area contributed by atoms with Crippen LogP contribution in [0.2, 0.25) is 0 Å². The van der Waals surface area contributed by atoms with Crippen LogP contribution < -0.4 is 9.62 Å². The van der Waals surface area contributed by atoms with Crippen molar-refractivity contribution >= 4 is 27.5 Å². The summed E-state index contributed by atoms with van der Waals surface area (Å²) >= 11 is 0. The van der Waals surface area contributed by atoms with Crippen LogP contribution in [0.4, 0.5) is 10.1 Å². The van der Waals surface area contributed by atoms with Crippen molar-refractivity contribution in [3.63, 3.8) is 0 Å². The molecule has 228 valence electrons. The van der Waals surface area contributed by atoms with Crippen LogP contribution in [0.15, 0.2) is 48.5 Å². The van der Waals surface area contributed by atoms with Crippen LogP contribution in [0.3, 0.4) is 0 Å².